The summed E-state index contributed by atoms with van der Waals surface area (Å²) in [5.74, 6) is 1.96. The standard InChI is InChI=1S/C15H24N2S/c1-3-18-15-6-4-12(5-7-15)10-17(2)11-13-8-14(16)9-13/h4-7,13-14H,3,8-11,16H2,1-2H3. The van der Waals surface area contributed by atoms with Crippen molar-refractivity contribution in [1.29, 1.82) is 0 Å². The van der Waals surface area contributed by atoms with E-state index in [2.05, 4.69) is 43.1 Å². The van der Waals surface area contributed by atoms with E-state index in [0.29, 0.717) is 6.04 Å². The highest BCUT2D eigenvalue weighted by atomic mass is 32.2. The van der Waals surface area contributed by atoms with E-state index in [1.165, 1.54) is 29.8 Å². The van der Waals surface area contributed by atoms with Gasteiger partial charge in [-0.05, 0) is 49.3 Å². The molecule has 0 bridgehead atoms. The first-order chi connectivity index (χ1) is 8.67. The van der Waals surface area contributed by atoms with Gasteiger partial charge in [0.1, 0.15) is 0 Å². The molecular formula is C15H24N2S. The Balaban J connectivity index is 1.77. The summed E-state index contributed by atoms with van der Waals surface area (Å²) in [4.78, 5) is 3.78. The Morgan fingerprint density at radius 1 is 1.28 bits per heavy atom. The summed E-state index contributed by atoms with van der Waals surface area (Å²) in [7, 11) is 2.21. The van der Waals surface area contributed by atoms with Gasteiger partial charge in [0.05, 0.1) is 0 Å². The van der Waals surface area contributed by atoms with Crippen molar-refractivity contribution in [3.8, 4) is 0 Å². The largest absolute Gasteiger partial charge is 0.328 e. The molecule has 2 rings (SSSR count). The summed E-state index contributed by atoms with van der Waals surface area (Å²) < 4.78 is 0. The van der Waals surface area contributed by atoms with Crippen molar-refractivity contribution in [2.75, 3.05) is 19.3 Å². The molecule has 0 aliphatic heterocycles. The fourth-order valence-corrected chi connectivity index (χ4v) is 3.27. The minimum absolute atomic E-state index is 0.466. The molecule has 0 unspecified atom stereocenters. The second kappa shape index (κ2) is 6.60. The van der Waals surface area contributed by atoms with Gasteiger partial charge in [0, 0.05) is 24.0 Å². The lowest BCUT2D eigenvalue weighted by atomic mass is 9.80. The molecule has 0 atom stereocenters. The average Bonchev–Trinajstić information content (AvgIpc) is 2.30. The van der Waals surface area contributed by atoms with Crippen molar-refractivity contribution in [1.82, 2.24) is 4.90 Å². The predicted octanol–water partition coefficient (Wildman–Crippen LogP) is 2.97. The Kier molecular flexibility index (Phi) is 5.10. The van der Waals surface area contributed by atoms with Gasteiger partial charge in [0.25, 0.3) is 0 Å². The van der Waals surface area contributed by atoms with Gasteiger partial charge >= 0.3 is 0 Å². The maximum absolute atomic E-state index is 5.82. The fraction of sp³-hybridized carbons (Fsp3) is 0.600. The molecule has 2 nitrogen and oxygen atoms in total. The molecule has 1 aliphatic rings. The molecule has 2 N–H and O–H groups in total. The van der Waals surface area contributed by atoms with Crippen molar-refractivity contribution < 1.29 is 0 Å². The SMILES string of the molecule is CCSc1ccc(CN(C)CC2CC(N)C2)cc1. The number of rotatable bonds is 6. The van der Waals surface area contributed by atoms with E-state index in [9.17, 15) is 0 Å². The zero-order valence-electron chi connectivity index (χ0n) is 11.4. The van der Waals surface area contributed by atoms with Gasteiger partial charge in [-0.1, -0.05) is 19.1 Å². The highest BCUT2D eigenvalue weighted by molar-refractivity contribution is 7.99. The molecule has 0 heterocycles. The third-order valence-electron chi connectivity index (χ3n) is 3.53. The van der Waals surface area contributed by atoms with Gasteiger partial charge in [0.2, 0.25) is 0 Å². The highest BCUT2D eigenvalue weighted by Gasteiger charge is 2.26. The van der Waals surface area contributed by atoms with Gasteiger partial charge in [0.15, 0.2) is 0 Å². The number of hydrogen-bond acceptors (Lipinski definition) is 3. The third-order valence-corrected chi connectivity index (χ3v) is 4.42. The zero-order valence-corrected chi connectivity index (χ0v) is 12.2. The molecule has 1 aliphatic carbocycles. The van der Waals surface area contributed by atoms with Crippen LogP contribution in [0.5, 0.6) is 0 Å². The van der Waals surface area contributed by atoms with Crippen LogP contribution in [0, 0.1) is 5.92 Å². The van der Waals surface area contributed by atoms with E-state index >= 15 is 0 Å². The summed E-state index contributed by atoms with van der Waals surface area (Å²) in [6.07, 6.45) is 2.41. The molecule has 1 fully saturated rings. The number of nitrogens with zero attached hydrogens (tertiary/aromatic N) is 1. The summed E-state index contributed by atoms with van der Waals surface area (Å²) in [6.45, 7) is 4.41. The van der Waals surface area contributed by atoms with Crippen LogP contribution in [-0.2, 0) is 6.54 Å². The zero-order chi connectivity index (χ0) is 13.0. The maximum Gasteiger partial charge on any atom is 0.0230 e. The predicted molar refractivity (Wildman–Crippen MR) is 79.9 cm³/mol. The Bertz CT molecular complexity index is 357. The lowest BCUT2D eigenvalue weighted by Crippen LogP contribution is -2.41. The quantitative estimate of drug-likeness (QED) is 0.801. The van der Waals surface area contributed by atoms with Gasteiger partial charge in [-0.15, -0.1) is 11.8 Å². The molecule has 1 aromatic rings. The van der Waals surface area contributed by atoms with E-state index in [-0.39, 0.29) is 0 Å². The Hall–Kier alpha value is -0.510. The molecule has 0 amide bonds. The van der Waals surface area contributed by atoms with Crippen LogP contribution in [0.1, 0.15) is 25.3 Å². The number of nitrogens with two attached hydrogens (primary N) is 1. The normalized spacial score (nSPS) is 23.1. The Morgan fingerprint density at radius 3 is 2.50 bits per heavy atom. The molecule has 1 aromatic carbocycles. The molecular weight excluding hydrogens is 240 g/mol. The van der Waals surface area contributed by atoms with Crippen LogP contribution >= 0.6 is 11.8 Å². The summed E-state index contributed by atoms with van der Waals surface area (Å²) in [5.41, 5.74) is 7.23. The van der Waals surface area contributed by atoms with E-state index in [4.69, 9.17) is 5.73 Å². The van der Waals surface area contributed by atoms with Crippen LogP contribution in [0.15, 0.2) is 29.2 Å². The monoisotopic (exact) mass is 264 g/mol. The Morgan fingerprint density at radius 2 is 1.94 bits per heavy atom. The lowest BCUT2D eigenvalue weighted by Gasteiger charge is -2.35. The maximum atomic E-state index is 5.82. The minimum Gasteiger partial charge on any atom is -0.328 e. The number of benzene rings is 1. The number of hydrogen-bond donors (Lipinski definition) is 1. The number of thioether (sulfide) groups is 1. The van der Waals surface area contributed by atoms with E-state index in [0.717, 1.165) is 18.2 Å². The van der Waals surface area contributed by atoms with Crippen LogP contribution in [0.4, 0.5) is 0 Å². The fourth-order valence-electron chi connectivity index (χ4n) is 2.61. The molecule has 0 spiro atoms. The van der Waals surface area contributed by atoms with Crippen LogP contribution in [0.2, 0.25) is 0 Å². The summed E-state index contributed by atoms with van der Waals surface area (Å²) >= 11 is 1.90. The molecule has 18 heavy (non-hydrogen) atoms. The molecule has 0 saturated heterocycles. The lowest BCUT2D eigenvalue weighted by molar-refractivity contribution is 0.178. The smallest absolute Gasteiger partial charge is 0.0230 e. The van der Waals surface area contributed by atoms with Crippen LogP contribution in [0.25, 0.3) is 0 Å². The van der Waals surface area contributed by atoms with Crippen molar-refractivity contribution in [2.24, 2.45) is 11.7 Å². The van der Waals surface area contributed by atoms with Crippen molar-refractivity contribution in [3.05, 3.63) is 29.8 Å². The van der Waals surface area contributed by atoms with Gasteiger partial charge < -0.3 is 10.6 Å². The van der Waals surface area contributed by atoms with Crippen molar-refractivity contribution in [2.45, 2.75) is 37.2 Å². The van der Waals surface area contributed by atoms with E-state index in [1.807, 2.05) is 11.8 Å². The van der Waals surface area contributed by atoms with E-state index < -0.39 is 0 Å². The minimum atomic E-state index is 0.466. The molecule has 0 aromatic heterocycles. The topological polar surface area (TPSA) is 29.3 Å². The van der Waals surface area contributed by atoms with E-state index in [1.54, 1.807) is 0 Å². The third kappa shape index (κ3) is 4.01. The molecule has 3 heteroatoms. The second-order valence-electron chi connectivity index (χ2n) is 5.37. The first-order valence-corrected chi connectivity index (χ1v) is 7.81. The van der Waals surface area contributed by atoms with Crippen molar-refractivity contribution in [3.63, 3.8) is 0 Å². The van der Waals surface area contributed by atoms with Crippen molar-refractivity contribution >= 4 is 11.8 Å². The molecule has 0 radical (unpaired) electrons. The molecule has 100 valence electrons. The summed E-state index contributed by atoms with van der Waals surface area (Å²) in [5, 5.41) is 0. The average molecular weight is 264 g/mol. The van der Waals surface area contributed by atoms with Crippen LogP contribution in [-0.4, -0.2) is 30.3 Å². The first-order valence-electron chi connectivity index (χ1n) is 6.83. The van der Waals surface area contributed by atoms with Gasteiger partial charge in [-0.2, -0.15) is 0 Å². The van der Waals surface area contributed by atoms with Crippen LogP contribution in [0.3, 0.4) is 0 Å². The summed E-state index contributed by atoms with van der Waals surface area (Å²) in [6, 6.07) is 9.43. The highest BCUT2D eigenvalue weighted by Crippen LogP contribution is 2.26. The van der Waals surface area contributed by atoms with Gasteiger partial charge in [-0.3, -0.25) is 0 Å². The second-order valence-corrected chi connectivity index (χ2v) is 6.71. The van der Waals surface area contributed by atoms with Crippen LogP contribution < -0.4 is 5.73 Å². The first kappa shape index (κ1) is 13.9. The Labute approximate surface area is 115 Å². The molecule has 1 saturated carbocycles. The van der Waals surface area contributed by atoms with Gasteiger partial charge in [-0.25, -0.2) is 0 Å².